The Kier molecular flexibility index (Phi) is 3.57. The number of pyridine rings is 1. The number of aromatic nitrogens is 1. The van der Waals surface area contributed by atoms with E-state index < -0.39 is 0 Å². The summed E-state index contributed by atoms with van der Waals surface area (Å²) in [6, 6.07) is 8.90. The van der Waals surface area contributed by atoms with E-state index in [1.807, 2.05) is 18.2 Å². The van der Waals surface area contributed by atoms with Gasteiger partial charge in [-0.2, -0.15) is 0 Å². The lowest BCUT2D eigenvalue weighted by molar-refractivity contribution is 0.0601. The molecule has 18 heavy (non-hydrogen) atoms. The molecule has 1 aromatic carbocycles. The van der Waals surface area contributed by atoms with E-state index in [0.29, 0.717) is 11.3 Å². The van der Waals surface area contributed by atoms with Crippen LogP contribution in [0.1, 0.15) is 10.4 Å². The molecule has 0 aliphatic rings. The zero-order valence-corrected chi connectivity index (χ0v) is 10.2. The summed E-state index contributed by atoms with van der Waals surface area (Å²) in [6.45, 7) is 0. The molecule has 0 unspecified atom stereocenters. The van der Waals surface area contributed by atoms with Crippen LogP contribution in [0.3, 0.4) is 0 Å². The number of esters is 1. The second-order valence-corrected chi connectivity index (χ2v) is 3.64. The maximum Gasteiger partial charge on any atom is 0.338 e. The Morgan fingerprint density at radius 1 is 1.11 bits per heavy atom. The fourth-order valence-electron chi connectivity index (χ4n) is 1.71. The standard InChI is InChI=1S/C14H13NO3/c1-17-11-3-4-12(14(16)18-2)13(9-11)10-5-7-15-8-6-10/h3-9H,1-2H3. The van der Waals surface area contributed by atoms with Crippen molar-refractivity contribution in [2.45, 2.75) is 0 Å². The quantitative estimate of drug-likeness (QED) is 0.777. The summed E-state index contributed by atoms with van der Waals surface area (Å²) in [5.74, 6) is 0.318. The van der Waals surface area contributed by atoms with Gasteiger partial charge in [0.05, 0.1) is 19.8 Å². The molecule has 0 aliphatic carbocycles. The van der Waals surface area contributed by atoms with E-state index in [-0.39, 0.29) is 5.97 Å². The molecule has 2 aromatic rings. The van der Waals surface area contributed by atoms with Crippen molar-refractivity contribution in [2.75, 3.05) is 14.2 Å². The first kappa shape index (κ1) is 12.1. The number of ether oxygens (including phenoxy) is 2. The number of rotatable bonds is 3. The summed E-state index contributed by atoms with van der Waals surface area (Å²) < 4.78 is 9.95. The van der Waals surface area contributed by atoms with E-state index in [2.05, 4.69) is 4.98 Å². The topological polar surface area (TPSA) is 48.4 Å². The highest BCUT2D eigenvalue weighted by Crippen LogP contribution is 2.28. The highest BCUT2D eigenvalue weighted by molar-refractivity contribution is 5.97. The first-order valence-electron chi connectivity index (χ1n) is 5.43. The van der Waals surface area contributed by atoms with Crippen molar-refractivity contribution < 1.29 is 14.3 Å². The lowest BCUT2D eigenvalue weighted by Crippen LogP contribution is -2.03. The van der Waals surface area contributed by atoms with Crippen LogP contribution in [0, 0.1) is 0 Å². The fraction of sp³-hybridized carbons (Fsp3) is 0.143. The second-order valence-electron chi connectivity index (χ2n) is 3.64. The zero-order valence-electron chi connectivity index (χ0n) is 10.2. The Morgan fingerprint density at radius 3 is 2.44 bits per heavy atom. The van der Waals surface area contributed by atoms with Gasteiger partial charge in [-0.1, -0.05) is 0 Å². The van der Waals surface area contributed by atoms with Crippen molar-refractivity contribution in [3.8, 4) is 16.9 Å². The first-order valence-corrected chi connectivity index (χ1v) is 5.43. The van der Waals surface area contributed by atoms with Crippen molar-refractivity contribution in [3.05, 3.63) is 48.3 Å². The van der Waals surface area contributed by atoms with E-state index in [9.17, 15) is 4.79 Å². The Balaban J connectivity index is 2.58. The fourth-order valence-corrected chi connectivity index (χ4v) is 1.71. The van der Waals surface area contributed by atoms with Gasteiger partial charge in [0.15, 0.2) is 0 Å². The van der Waals surface area contributed by atoms with Crippen molar-refractivity contribution >= 4 is 5.97 Å². The summed E-state index contributed by atoms with van der Waals surface area (Å²) in [5.41, 5.74) is 2.16. The molecule has 4 nitrogen and oxygen atoms in total. The predicted molar refractivity (Wildman–Crippen MR) is 67.6 cm³/mol. The maximum atomic E-state index is 11.7. The summed E-state index contributed by atoms with van der Waals surface area (Å²) in [4.78, 5) is 15.7. The van der Waals surface area contributed by atoms with Crippen LogP contribution in [0.25, 0.3) is 11.1 Å². The minimum Gasteiger partial charge on any atom is -0.497 e. The van der Waals surface area contributed by atoms with Crippen molar-refractivity contribution in [2.24, 2.45) is 0 Å². The normalized spacial score (nSPS) is 9.89. The van der Waals surface area contributed by atoms with Crippen molar-refractivity contribution in [3.63, 3.8) is 0 Å². The van der Waals surface area contributed by atoms with E-state index in [1.165, 1.54) is 7.11 Å². The molecule has 4 heteroatoms. The lowest BCUT2D eigenvalue weighted by atomic mass is 10.0. The largest absolute Gasteiger partial charge is 0.497 e. The van der Waals surface area contributed by atoms with Gasteiger partial charge in [0, 0.05) is 12.4 Å². The van der Waals surface area contributed by atoms with Crippen LogP contribution < -0.4 is 4.74 Å². The molecule has 0 radical (unpaired) electrons. The molecule has 92 valence electrons. The molecule has 0 atom stereocenters. The number of methoxy groups -OCH3 is 2. The molecule has 0 fully saturated rings. The average molecular weight is 243 g/mol. The van der Waals surface area contributed by atoms with Crippen LogP contribution >= 0.6 is 0 Å². The minimum atomic E-state index is -0.371. The molecular formula is C14H13NO3. The third kappa shape index (κ3) is 2.32. The molecule has 0 aliphatic heterocycles. The highest BCUT2D eigenvalue weighted by atomic mass is 16.5. The van der Waals surface area contributed by atoms with Gasteiger partial charge in [-0.15, -0.1) is 0 Å². The van der Waals surface area contributed by atoms with E-state index >= 15 is 0 Å². The van der Waals surface area contributed by atoms with Crippen LogP contribution in [0.2, 0.25) is 0 Å². The summed E-state index contributed by atoms with van der Waals surface area (Å²) in [7, 11) is 2.95. The van der Waals surface area contributed by atoms with Gasteiger partial charge in [-0.25, -0.2) is 4.79 Å². The Hall–Kier alpha value is -2.36. The number of hydrogen-bond donors (Lipinski definition) is 0. The van der Waals surface area contributed by atoms with Crippen molar-refractivity contribution in [1.82, 2.24) is 4.98 Å². The molecule has 0 saturated carbocycles. The first-order chi connectivity index (χ1) is 8.76. The van der Waals surface area contributed by atoms with Gasteiger partial charge in [0.2, 0.25) is 0 Å². The number of carbonyl (C=O) groups is 1. The second kappa shape index (κ2) is 5.31. The van der Waals surface area contributed by atoms with Crippen LogP contribution in [-0.4, -0.2) is 25.2 Å². The number of carbonyl (C=O) groups excluding carboxylic acids is 1. The molecule has 0 amide bonds. The van der Waals surface area contributed by atoms with Gasteiger partial charge in [-0.3, -0.25) is 4.98 Å². The van der Waals surface area contributed by atoms with Gasteiger partial charge >= 0.3 is 5.97 Å². The highest BCUT2D eigenvalue weighted by Gasteiger charge is 2.14. The van der Waals surface area contributed by atoms with Gasteiger partial charge in [0.25, 0.3) is 0 Å². The molecule has 0 saturated heterocycles. The molecule has 0 spiro atoms. The summed E-state index contributed by atoms with van der Waals surface area (Å²) in [5, 5.41) is 0. The SMILES string of the molecule is COC(=O)c1ccc(OC)cc1-c1ccncc1. The predicted octanol–water partition coefficient (Wildman–Crippen LogP) is 2.54. The van der Waals surface area contributed by atoms with Crippen LogP contribution in [0.4, 0.5) is 0 Å². The third-order valence-corrected chi connectivity index (χ3v) is 2.62. The lowest BCUT2D eigenvalue weighted by Gasteiger charge is -2.10. The molecule has 1 heterocycles. The van der Waals surface area contributed by atoms with Crippen LogP contribution in [0.15, 0.2) is 42.7 Å². The summed E-state index contributed by atoms with van der Waals surface area (Å²) >= 11 is 0. The summed E-state index contributed by atoms with van der Waals surface area (Å²) in [6.07, 6.45) is 3.35. The zero-order chi connectivity index (χ0) is 13.0. The van der Waals surface area contributed by atoms with E-state index in [4.69, 9.17) is 9.47 Å². The molecule has 0 N–H and O–H groups in total. The maximum absolute atomic E-state index is 11.7. The van der Waals surface area contributed by atoms with Crippen LogP contribution in [0.5, 0.6) is 5.75 Å². The van der Waals surface area contributed by atoms with Crippen LogP contribution in [-0.2, 0) is 4.74 Å². The van der Waals surface area contributed by atoms with Crippen molar-refractivity contribution in [1.29, 1.82) is 0 Å². The minimum absolute atomic E-state index is 0.371. The van der Waals surface area contributed by atoms with E-state index in [0.717, 1.165) is 11.1 Å². The molecule has 2 rings (SSSR count). The van der Waals surface area contributed by atoms with Gasteiger partial charge < -0.3 is 9.47 Å². The van der Waals surface area contributed by atoms with Gasteiger partial charge in [-0.05, 0) is 41.5 Å². The monoisotopic (exact) mass is 243 g/mol. The molecule has 1 aromatic heterocycles. The van der Waals surface area contributed by atoms with E-state index in [1.54, 1.807) is 31.6 Å². The van der Waals surface area contributed by atoms with Gasteiger partial charge in [0.1, 0.15) is 5.75 Å². The Morgan fingerprint density at radius 2 is 1.83 bits per heavy atom. The number of hydrogen-bond acceptors (Lipinski definition) is 4. The molecular weight excluding hydrogens is 230 g/mol. The molecule has 0 bridgehead atoms. The average Bonchev–Trinajstić information content (AvgIpc) is 2.46. The Bertz CT molecular complexity index is 552. The number of benzene rings is 1. The third-order valence-electron chi connectivity index (χ3n) is 2.62. The smallest absolute Gasteiger partial charge is 0.338 e. The Labute approximate surface area is 105 Å². The number of nitrogens with zero attached hydrogens (tertiary/aromatic N) is 1.